The number of carboxylic acid groups (broad SMARTS) is 1. The first kappa shape index (κ1) is 11.6. The number of hydrogen-bond donors (Lipinski definition) is 1. The summed E-state index contributed by atoms with van der Waals surface area (Å²) >= 11 is 3.47. The Hall–Kier alpha value is -0.830. The number of carboxylic acids is 1. The van der Waals surface area contributed by atoms with E-state index >= 15 is 0 Å². The number of aliphatic carboxylic acids is 1. The summed E-state index contributed by atoms with van der Waals surface area (Å²) in [6.07, 6.45) is 3.51. The van der Waals surface area contributed by atoms with Crippen molar-refractivity contribution in [3.63, 3.8) is 0 Å². The number of rotatable bonds is 3. The highest BCUT2D eigenvalue weighted by atomic mass is 79.9. The first-order valence-electron chi connectivity index (χ1n) is 5.62. The van der Waals surface area contributed by atoms with Crippen LogP contribution in [-0.2, 0) is 4.79 Å². The maximum atomic E-state index is 10.6. The van der Waals surface area contributed by atoms with Crippen LogP contribution in [0.5, 0.6) is 0 Å². The lowest BCUT2D eigenvalue weighted by molar-refractivity contribution is -0.138. The second-order valence-corrected chi connectivity index (χ2v) is 5.44. The zero-order chi connectivity index (χ0) is 11.5. The standard InChI is InChI=1S/C13H15BrO2/c14-12-3-1-2-10(8-12)11-5-4-9(6-11)7-13(15)16/h1-3,8-9,11H,4-7H2,(H,15,16). The number of carbonyl (C=O) groups is 1. The Labute approximate surface area is 104 Å². The van der Waals surface area contributed by atoms with Gasteiger partial charge in [-0.2, -0.15) is 0 Å². The van der Waals surface area contributed by atoms with Crippen LogP contribution in [0.2, 0.25) is 0 Å². The van der Waals surface area contributed by atoms with Crippen molar-refractivity contribution in [3.05, 3.63) is 34.3 Å². The van der Waals surface area contributed by atoms with Gasteiger partial charge in [-0.15, -0.1) is 0 Å². The van der Waals surface area contributed by atoms with Gasteiger partial charge >= 0.3 is 5.97 Å². The molecule has 1 fully saturated rings. The first-order valence-corrected chi connectivity index (χ1v) is 6.41. The fourth-order valence-corrected chi connectivity index (χ4v) is 2.99. The van der Waals surface area contributed by atoms with Crippen molar-refractivity contribution < 1.29 is 9.90 Å². The van der Waals surface area contributed by atoms with Crippen molar-refractivity contribution >= 4 is 21.9 Å². The van der Waals surface area contributed by atoms with Gasteiger partial charge in [-0.05, 0) is 48.8 Å². The van der Waals surface area contributed by atoms with Crippen molar-refractivity contribution in [1.29, 1.82) is 0 Å². The van der Waals surface area contributed by atoms with Gasteiger partial charge in [-0.1, -0.05) is 28.1 Å². The second-order valence-electron chi connectivity index (χ2n) is 4.53. The second kappa shape index (κ2) is 5.00. The van der Waals surface area contributed by atoms with E-state index in [1.54, 1.807) is 0 Å². The van der Waals surface area contributed by atoms with Crippen LogP contribution in [0.15, 0.2) is 28.7 Å². The molecule has 0 aliphatic heterocycles. The topological polar surface area (TPSA) is 37.3 Å². The van der Waals surface area contributed by atoms with E-state index in [9.17, 15) is 4.79 Å². The molecule has 2 nitrogen and oxygen atoms in total. The fraction of sp³-hybridized carbons (Fsp3) is 0.462. The van der Waals surface area contributed by atoms with Crippen molar-refractivity contribution in [3.8, 4) is 0 Å². The van der Waals surface area contributed by atoms with Gasteiger partial charge in [0.05, 0.1) is 0 Å². The third-order valence-electron chi connectivity index (χ3n) is 3.32. The summed E-state index contributed by atoms with van der Waals surface area (Å²) in [6, 6.07) is 8.35. The van der Waals surface area contributed by atoms with Crippen molar-refractivity contribution in [2.75, 3.05) is 0 Å². The average molecular weight is 283 g/mol. The molecule has 2 unspecified atom stereocenters. The third kappa shape index (κ3) is 2.85. The summed E-state index contributed by atoms with van der Waals surface area (Å²) in [4.78, 5) is 10.6. The average Bonchev–Trinajstić information content (AvgIpc) is 2.65. The Morgan fingerprint density at radius 2 is 2.25 bits per heavy atom. The third-order valence-corrected chi connectivity index (χ3v) is 3.82. The molecule has 86 valence electrons. The molecule has 0 spiro atoms. The van der Waals surface area contributed by atoms with E-state index in [2.05, 4.69) is 28.1 Å². The van der Waals surface area contributed by atoms with Crippen molar-refractivity contribution in [1.82, 2.24) is 0 Å². The minimum atomic E-state index is -0.667. The molecule has 0 radical (unpaired) electrons. The van der Waals surface area contributed by atoms with Crippen molar-refractivity contribution in [2.24, 2.45) is 5.92 Å². The van der Waals surface area contributed by atoms with E-state index < -0.39 is 5.97 Å². The zero-order valence-electron chi connectivity index (χ0n) is 9.03. The van der Waals surface area contributed by atoms with Gasteiger partial charge in [-0.25, -0.2) is 0 Å². The highest BCUT2D eigenvalue weighted by molar-refractivity contribution is 9.10. The Morgan fingerprint density at radius 1 is 1.44 bits per heavy atom. The van der Waals surface area contributed by atoms with Crippen LogP contribution in [0, 0.1) is 5.92 Å². The molecule has 1 aliphatic rings. The summed E-state index contributed by atoms with van der Waals surface area (Å²) in [7, 11) is 0. The van der Waals surface area contributed by atoms with Crippen molar-refractivity contribution in [2.45, 2.75) is 31.6 Å². The largest absolute Gasteiger partial charge is 0.481 e. The van der Waals surface area contributed by atoms with E-state index in [0.29, 0.717) is 18.3 Å². The van der Waals surface area contributed by atoms with Crippen LogP contribution < -0.4 is 0 Å². The zero-order valence-corrected chi connectivity index (χ0v) is 10.6. The molecule has 1 N–H and O–H groups in total. The molecule has 0 saturated heterocycles. The molecule has 0 heterocycles. The van der Waals surface area contributed by atoms with Crippen LogP contribution in [0.4, 0.5) is 0 Å². The van der Waals surface area contributed by atoms with Gasteiger partial charge in [0.2, 0.25) is 0 Å². The molecule has 1 aromatic rings. The Morgan fingerprint density at radius 3 is 2.94 bits per heavy atom. The minimum Gasteiger partial charge on any atom is -0.481 e. The molecule has 16 heavy (non-hydrogen) atoms. The SMILES string of the molecule is O=C(O)CC1CCC(c2cccc(Br)c2)C1. The predicted molar refractivity (Wildman–Crippen MR) is 66.5 cm³/mol. The van der Waals surface area contributed by atoms with Gasteiger partial charge in [-0.3, -0.25) is 4.79 Å². The summed E-state index contributed by atoms with van der Waals surface area (Å²) in [5, 5.41) is 8.77. The fourth-order valence-electron chi connectivity index (χ4n) is 2.57. The van der Waals surface area contributed by atoms with E-state index in [1.807, 2.05) is 12.1 Å². The molecule has 1 saturated carbocycles. The lowest BCUT2D eigenvalue weighted by atomic mass is 9.95. The summed E-state index contributed by atoms with van der Waals surface area (Å²) in [6.45, 7) is 0. The Kier molecular flexibility index (Phi) is 3.64. The van der Waals surface area contributed by atoms with Gasteiger partial charge in [0.1, 0.15) is 0 Å². The van der Waals surface area contributed by atoms with Crippen LogP contribution in [0.3, 0.4) is 0 Å². The Balaban J connectivity index is 2.00. The summed E-state index contributed by atoms with van der Waals surface area (Å²) in [5.74, 6) is 0.239. The van der Waals surface area contributed by atoms with Gasteiger partial charge < -0.3 is 5.11 Å². The normalized spacial score (nSPS) is 24.6. The van der Waals surface area contributed by atoms with Crippen LogP contribution >= 0.6 is 15.9 Å². The van der Waals surface area contributed by atoms with Crippen LogP contribution in [-0.4, -0.2) is 11.1 Å². The molecule has 0 amide bonds. The molecule has 0 bridgehead atoms. The van der Waals surface area contributed by atoms with Crippen LogP contribution in [0.1, 0.15) is 37.2 Å². The molecular weight excluding hydrogens is 268 g/mol. The lowest BCUT2D eigenvalue weighted by Crippen LogP contribution is -2.04. The van der Waals surface area contributed by atoms with E-state index in [4.69, 9.17) is 5.11 Å². The highest BCUT2D eigenvalue weighted by Gasteiger charge is 2.27. The summed E-state index contributed by atoms with van der Waals surface area (Å²) < 4.78 is 1.10. The molecule has 1 aromatic carbocycles. The molecule has 2 rings (SSSR count). The Bertz CT molecular complexity index is 389. The monoisotopic (exact) mass is 282 g/mol. The highest BCUT2D eigenvalue weighted by Crippen LogP contribution is 2.40. The van der Waals surface area contributed by atoms with E-state index in [-0.39, 0.29) is 0 Å². The molecule has 3 heteroatoms. The maximum absolute atomic E-state index is 10.6. The number of benzene rings is 1. The van der Waals surface area contributed by atoms with Crippen LogP contribution in [0.25, 0.3) is 0 Å². The van der Waals surface area contributed by atoms with Gasteiger partial charge in [0, 0.05) is 10.9 Å². The van der Waals surface area contributed by atoms with Gasteiger partial charge in [0.25, 0.3) is 0 Å². The number of halogens is 1. The van der Waals surface area contributed by atoms with E-state index in [0.717, 1.165) is 23.7 Å². The molecule has 2 atom stereocenters. The molecule has 1 aliphatic carbocycles. The minimum absolute atomic E-state index is 0.324. The summed E-state index contributed by atoms with van der Waals surface area (Å²) in [5.41, 5.74) is 1.34. The smallest absolute Gasteiger partial charge is 0.303 e. The van der Waals surface area contributed by atoms with E-state index in [1.165, 1.54) is 5.56 Å². The lowest BCUT2D eigenvalue weighted by Gasteiger charge is -2.10. The first-order chi connectivity index (χ1) is 7.65. The van der Waals surface area contributed by atoms with Gasteiger partial charge in [0.15, 0.2) is 0 Å². The predicted octanol–water partition coefficient (Wildman–Crippen LogP) is 3.81. The molecule has 0 aromatic heterocycles. The quantitative estimate of drug-likeness (QED) is 0.916. The number of hydrogen-bond acceptors (Lipinski definition) is 1. The molecular formula is C13H15BrO2. The maximum Gasteiger partial charge on any atom is 0.303 e.